The lowest BCUT2D eigenvalue weighted by molar-refractivity contribution is -0.127. The summed E-state index contributed by atoms with van der Waals surface area (Å²) in [5.74, 6) is 1.04. The van der Waals surface area contributed by atoms with Crippen LogP contribution in [0.4, 0.5) is 0 Å². The molecule has 9 nitrogen and oxygen atoms in total. The van der Waals surface area contributed by atoms with Gasteiger partial charge >= 0.3 is 0 Å². The van der Waals surface area contributed by atoms with Crippen molar-refractivity contribution in [1.29, 1.82) is 0 Å². The summed E-state index contributed by atoms with van der Waals surface area (Å²) < 4.78 is 16.2. The van der Waals surface area contributed by atoms with E-state index in [1.54, 1.807) is 39.5 Å². The number of nitrogens with zero attached hydrogens (tertiary/aromatic N) is 3. The Morgan fingerprint density at radius 3 is 2.32 bits per heavy atom. The first-order valence-corrected chi connectivity index (χ1v) is 12.8. The summed E-state index contributed by atoms with van der Waals surface area (Å²) in [6, 6.07) is 11.8. The van der Waals surface area contributed by atoms with Crippen molar-refractivity contribution < 1.29 is 23.8 Å². The summed E-state index contributed by atoms with van der Waals surface area (Å²) in [5.41, 5.74) is 1.58. The molecule has 1 saturated carbocycles. The second-order valence-corrected chi connectivity index (χ2v) is 9.23. The van der Waals surface area contributed by atoms with E-state index in [2.05, 4.69) is 15.3 Å². The van der Waals surface area contributed by atoms with Crippen LogP contribution in [0.1, 0.15) is 59.8 Å². The monoisotopic (exact) mass is 518 g/mol. The first kappa shape index (κ1) is 26.9. The van der Waals surface area contributed by atoms with E-state index in [1.807, 2.05) is 24.3 Å². The third-order valence-electron chi connectivity index (χ3n) is 6.79. The summed E-state index contributed by atoms with van der Waals surface area (Å²) in [5, 5.41) is 3.21. The van der Waals surface area contributed by atoms with Crippen LogP contribution >= 0.6 is 0 Å². The number of benzene rings is 2. The number of carbonyl (C=O) groups is 2. The molecule has 0 unspecified atom stereocenters. The number of hydrogen-bond donors (Lipinski definition) is 1. The van der Waals surface area contributed by atoms with Gasteiger partial charge in [0.2, 0.25) is 5.91 Å². The van der Waals surface area contributed by atoms with Crippen LogP contribution in [0.25, 0.3) is 0 Å². The van der Waals surface area contributed by atoms with Gasteiger partial charge in [0.1, 0.15) is 17.5 Å². The zero-order valence-electron chi connectivity index (χ0n) is 22.1. The average Bonchev–Trinajstić information content (AvgIpc) is 2.97. The number of ether oxygens (including phenoxy) is 3. The molecular weight excluding hydrogens is 484 g/mol. The van der Waals surface area contributed by atoms with Crippen molar-refractivity contribution >= 4 is 11.8 Å². The Hall–Kier alpha value is -4.14. The van der Waals surface area contributed by atoms with Gasteiger partial charge in [0.05, 0.1) is 27.5 Å². The highest BCUT2D eigenvalue weighted by Gasteiger charge is 2.34. The van der Waals surface area contributed by atoms with Crippen molar-refractivity contribution in [2.75, 3.05) is 21.3 Å². The maximum atomic E-state index is 14.0. The Morgan fingerprint density at radius 2 is 1.68 bits per heavy atom. The van der Waals surface area contributed by atoms with Crippen LogP contribution in [0.15, 0.2) is 61.1 Å². The van der Waals surface area contributed by atoms with E-state index in [9.17, 15) is 9.59 Å². The molecule has 4 rings (SSSR count). The molecule has 0 aliphatic heterocycles. The quantitative estimate of drug-likeness (QED) is 0.426. The number of hydrogen-bond acceptors (Lipinski definition) is 7. The second-order valence-electron chi connectivity index (χ2n) is 9.23. The van der Waals surface area contributed by atoms with Crippen LogP contribution in [-0.2, 0) is 11.3 Å². The third-order valence-corrected chi connectivity index (χ3v) is 6.79. The lowest BCUT2D eigenvalue weighted by atomic mass is 9.94. The minimum absolute atomic E-state index is 0.0633. The molecule has 1 N–H and O–H groups in total. The first-order chi connectivity index (χ1) is 18.5. The van der Waals surface area contributed by atoms with Gasteiger partial charge in [0.15, 0.2) is 11.5 Å². The number of aromatic nitrogens is 2. The zero-order valence-corrected chi connectivity index (χ0v) is 22.1. The molecule has 1 fully saturated rings. The van der Waals surface area contributed by atoms with Gasteiger partial charge in [-0.3, -0.25) is 14.6 Å². The number of nitrogens with one attached hydrogen (secondary N) is 1. The predicted octanol–water partition coefficient (Wildman–Crippen LogP) is 4.34. The Labute approximate surface area is 223 Å². The number of amides is 2. The molecule has 2 amide bonds. The summed E-state index contributed by atoms with van der Waals surface area (Å²) >= 11 is 0. The molecule has 1 aliphatic carbocycles. The maximum absolute atomic E-state index is 14.0. The molecule has 9 heteroatoms. The van der Waals surface area contributed by atoms with E-state index in [-0.39, 0.29) is 24.2 Å². The van der Waals surface area contributed by atoms with Crippen molar-refractivity contribution in [3.05, 3.63) is 77.9 Å². The molecule has 1 aliphatic rings. The van der Waals surface area contributed by atoms with Crippen molar-refractivity contribution in [1.82, 2.24) is 20.2 Å². The molecule has 1 atom stereocenters. The Balaban J connectivity index is 1.78. The van der Waals surface area contributed by atoms with Crippen LogP contribution in [0, 0.1) is 0 Å². The molecule has 200 valence electrons. The topological polar surface area (TPSA) is 103 Å². The molecule has 0 radical (unpaired) electrons. The summed E-state index contributed by atoms with van der Waals surface area (Å²) in [6.07, 6.45) is 9.52. The molecule has 1 aromatic heterocycles. The van der Waals surface area contributed by atoms with Gasteiger partial charge in [-0.2, -0.15) is 0 Å². The van der Waals surface area contributed by atoms with Crippen LogP contribution in [0.3, 0.4) is 0 Å². The summed E-state index contributed by atoms with van der Waals surface area (Å²) in [4.78, 5) is 37.8. The van der Waals surface area contributed by atoms with Gasteiger partial charge in [-0.1, -0.05) is 37.5 Å². The molecule has 38 heavy (non-hydrogen) atoms. The first-order valence-electron chi connectivity index (χ1n) is 12.8. The fourth-order valence-corrected chi connectivity index (χ4v) is 4.79. The van der Waals surface area contributed by atoms with Gasteiger partial charge in [0, 0.05) is 25.0 Å². The predicted molar refractivity (Wildman–Crippen MR) is 142 cm³/mol. The van der Waals surface area contributed by atoms with Crippen LogP contribution in [-0.4, -0.2) is 54.1 Å². The largest absolute Gasteiger partial charge is 0.497 e. The fraction of sp³-hybridized carbons (Fsp3) is 0.379. The van der Waals surface area contributed by atoms with Crippen molar-refractivity contribution in [2.24, 2.45) is 0 Å². The minimum atomic E-state index is -0.951. The molecular formula is C29H34N4O5. The third kappa shape index (κ3) is 6.40. The normalized spacial score (nSPS) is 14.3. The Bertz CT molecular complexity index is 1210. The Kier molecular flexibility index (Phi) is 9.13. The average molecular weight is 519 g/mol. The van der Waals surface area contributed by atoms with Gasteiger partial charge in [-0.25, -0.2) is 4.98 Å². The maximum Gasteiger partial charge on any atom is 0.275 e. The highest BCUT2D eigenvalue weighted by Crippen LogP contribution is 2.34. The van der Waals surface area contributed by atoms with E-state index >= 15 is 0 Å². The van der Waals surface area contributed by atoms with E-state index < -0.39 is 11.9 Å². The molecule has 1 heterocycles. The second kappa shape index (κ2) is 12.9. The zero-order chi connectivity index (χ0) is 26.9. The van der Waals surface area contributed by atoms with Crippen LogP contribution < -0.4 is 19.5 Å². The van der Waals surface area contributed by atoms with E-state index in [4.69, 9.17) is 14.2 Å². The van der Waals surface area contributed by atoms with Gasteiger partial charge in [0.25, 0.3) is 5.91 Å². The molecule has 0 bridgehead atoms. The lowest BCUT2D eigenvalue weighted by Gasteiger charge is -2.33. The van der Waals surface area contributed by atoms with Crippen LogP contribution in [0.5, 0.6) is 17.2 Å². The van der Waals surface area contributed by atoms with Gasteiger partial charge in [-0.15, -0.1) is 0 Å². The lowest BCUT2D eigenvalue weighted by Crippen LogP contribution is -2.47. The number of rotatable bonds is 10. The summed E-state index contributed by atoms with van der Waals surface area (Å²) in [7, 11) is 4.69. The smallest absolute Gasteiger partial charge is 0.275 e. The minimum Gasteiger partial charge on any atom is -0.497 e. The van der Waals surface area contributed by atoms with Crippen molar-refractivity contribution in [2.45, 2.75) is 50.7 Å². The molecule has 2 aromatic carbocycles. The highest BCUT2D eigenvalue weighted by molar-refractivity contribution is 5.96. The van der Waals surface area contributed by atoms with E-state index in [1.165, 1.54) is 29.9 Å². The van der Waals surface area contributed by atoms with Crippen molar-refractivity contribution in [3.8, 4) is 17.2 Å². The van der Waals surface area contributed by atoms with Gasteiger partial charge in [-0.05, 0) is 48.2 Å². The molecule has 0 spiro atoms. The SMILES string of the molecule is COc1ccc(CN(C(=O)c2cnccn2)[C@H](C(=O)NC2CCCCC2)c2ccc(OC)c(OC)c2)cc1. The number of carbonyl (C=O) groups excluding carboxylic acids is 2. The Morgan fingerprint density at radius 1 is 0.947 bits per heavy atom. The standard InChI is InChI=1S/C29H34N4O5/c1-36-23-12-9-20(10-13-23)19-33(29(35)24-18-30-15-16-31-24)27(28(34)32-22-7-5-4-6-8-22)21-11-14-25(37-2)26(17-21)38-3/h9-18,22,27H,4-8,19H2,1-3H3,(H,32,34)/t27-/m0/s1. The van der Waals surface area contributed by atoms with E-state index in [0.29, 0.717) is 22.8 Å². The van der Waals surface area contributed by atoms with Crippen molar-refractivity contribution in [3.63, 3.8) is 0 Å². The van der Waals surface area contributed by atoms with Crippen LogP contribution in [0.2, 0.25) is 0 Å². The molecule has 3 aromatic rings. The van der Waals surface area contributed by atoms with Gasteiger partial charge < -0.3 is 24.4 Å². The highest BCUT2D eigenvalue weighted by atomic mass is 16.5. The molecule has 0 saturated heterocycles. The fourth-order valence-electron chi connectivity index (χ4n) is 4.79. The number of methoxy groups -OCH3 is 3. The summed E-state index contributed by atoms with van der Waals surface area (Å²) in [6.45, 7) is 0.163. The van der Waals surface area contributed by atoms with E-state index in [0.717, 1.165) is 31.2 Å².